The normalized spacial score (nSPS) is 10.9. The van der Waals surface area contributed by atoms with Gasteiger partial charge in [0.25, 0.3) is 0 Å². The minimum absolute atomic E-state index is 0.415. The van der Waals surface area contributed by atoms with Crippen molar-refractivity contribution in [1.82, 2.24) is 19.9 Å². The molecule has 0 radical (unpaired) electrons. The van der Waals surface area contributed by atoms with Gasteiger partial charge in [-0.3, -0.25) is 0 Å². The van der Waals surface area contributed by atoms with E-state index < -0.39 is 5.97 Å². The number of unbranched alkanes of at least 4 members (excludes halogenated alkanes) is 7. The number of carbonyl (C=O) groups excluding carboxylic acids is 1. The van der Waals surface area contributed by atoms with E-state index >= 15 is 0 Å². The summed E-state index contributed by atoms with van der Waals surface area (Å²) in [4.78, 5) is 30.8. The van der Waals surface area contributed by atoms with E-state index in [9.17, 15) is 4.79 Å². The summed E-state index contributed by atoms with van der Waals surface area (Å²) in [6.45, 7) is 4.44. The zero-order valence-corrected chi connectivity index (χ0v) is 23.8. The third-order valence-corrected chi connectivity index (χ3v) is 7.00. The largest absolute Gasteiger partial charge is 0.423 e. The van der Waals surface area contributed by atoms with Gasteiger partial charge in [-0.1, -0.05) is 70.9 Å². The molecule has 2 aromatic heterocycles. The quantitative estimate of drug-likeness (QED) is 0.0861. The number of nitrogens with zero attached hydrogens (tertiary/aromatic N) is 4. The molecule has 0 saturated carbocycles. The average molecular weight is 537 g/mol. The lowest BCUT2D eigenvalue weighted by molar-refractivity contribution is 0.0735. The fourth-order valence-corrected chi connectivity index (χ4v) is 4.55. The van der Waals surface area contributed by atoms with Crippen molar-refractivity contribution in [1.29, 1.82) is 0 Å². The first-order valence-electron chi connectivity index (χ1n) is 14.7. The number of ether oxygens (including phenoxy) is 1. The van der Waals surface area contributed by atoms with Crippen molar-refractivity contribution in [2.75, 3.05) is 0 Å². The van der Waals surface area contributed by atoms with Crippen LogP contribution in [0.2, 0.25) is 0 Å². The van der Waals surface area contributed by atoms with Crippen LogP contribution in [0, 0.1) is 0 Å². The number of esters is 1. The standard InChI is InChI=1S/C34H40N4O2/c1-3-5-7-8-9-11-13-27-24-37-33(38-25-27)29-18-20-31(21-19-29)40-34(39)30-16-14-28(15-17-30)32-35-22-26(23-36-32)12-10-6-4-2/h14-25H,3-13H2,1-2H3. The molecule has 40 heavy (non-hydrogen) atoms. The molecular weight excluding hydrogens is 496 g/mol. The first kappa shape index (κ1) is 29.1. The third-order valence-electron chi connectivity index (χ3n) is 7.00. The van der Waals surface area contributed by atoms with Crippen LogP contribution in [0.1, 0.15) is 93.1 Å². The molecule has 2 aromatic carbocycles. The van der Waals surface area contributed by atoms with Crippen molar-refractivity contribution in [3.8, 4) is 28.5 Å². The fourth-order valence-electron chi connectivity index (χ4n) is 4.55. The molecule has 0 aliphatic heterocycles. The van der Waals surface area contributed by atoms with Crippen molar-refractivity contribution >= 4 is 5.97 Å². The molecule has 0 N–H and O–H groups in total. The summed E-state index contributed by atoms with van der Waals surface area (Å²) in [6.07, 6.45) is 20.8. The minimum atomic E-state index is -0.415. The second kappa shape index (κ2) is 15.6. The minimum Gasteiger partial charge on any atom is -0.423 e. The Bertz CT molecular complexity index is 1300. The molecule has 6 nitrogen and oxygen atoms in total. The lowest BCUT2D eigenvalue weighted by atomic mass is 10.1. The molecule has 0 fully saturated rings. The van der Waals surface area contributed by atoms with Gasteiger partial charge in [0.15, 0.2) is 11.6 Å². The van der Waals surface area contributed by atoms with Crippen molar-refractivity contribution in [2.45, 2.75) is 84.5 Å². The van der Waals surface area contributed by atoms with Gasteiger partial charge in [0.2, 0.25) is 0 Å². The molecule has 4 rings (SSSR count). The van der Waals surface area contributed by atoms with Gasteiger partial charge in [-0.2, -0.15) is 0 Å². The second-order valence-corrected chi connectivity index (χ2v) is 10.3. The number of aromatic nitrogens is 4. The van der Waals surface area contributed by atoms with Crippen molar-refractivity contribution < 1.29 is 9.53 Å². The van der Waals surface area contributed by atoms with Crippen LogP contribution in [-0.2, 0) is 12.8 Å². The Hall–Kier alpha value is -3.93. The highest BCUT2D eigenvalue weighted by atomic mass is 16.5. The number of aryl methyl sites for hydroxylation is 2. The molecule has 0 aliphatic rings. The molecule has 4 aromatic rings. The maximum atomic E-state index is 12.7. The van der Waals surface area contributed by atoms with E-state index in [-0.39, 0.29) is 0 Å². The number of rotatable bonds is 15. The lowest BCUT2D eigenvalue weighted by Crippen LogP contribution is -2.08. The van der Waals surface area contributed by atoms with Crippen LogP contribution in [0.5, 0.6) is 5.75 Å². The molecule has 0 unspecified atom stereocenters. The van der Waals surface area contributed by atoms with E-state index in [1.165, 1.54) is 56.9 Å². The summed E-state index contributed by atoms with van der Waals surface area (Å²) < 4.78 is 5.59. The van der Waals surface area contributed by atoms with Gasteiger partial charge in [-0.15, -0.1) is 0 Å². The molecule has 0 spiro atoms. The van der Waals surface area contributed by atoms with Crippen LogP contribution < -0.4 is 4.74 Å². The molecule has 6 heteroatoms. The smallest absolute Gasteiger partial charge is 0.343 e. The molecule has 2 heterocycles. The summed E-state index contributed by atoms with van der Waals surface area (Å²) in [5.41, 5.74) is 4.52. The molecular formula is C34H40N4O2. The van der Waals surface area contributed by atoms with Crippen LogP contribution in [0.25, 0.3) is 22.8 Å². The second-order valence-electron chi connectivity index (χ2n) is 10.3. The van der Waals surface area contributed by atoms with Gasteiger partial charge < -0.3 is 4.74 Å². The van der Waals surface area contributed by atoms with E-state index in [0.29, 0.717) is 23.0 Å². The predicted octanol–water partition coefficient (Wildman–Crippen LogP) is 8.46. The SMILES string of the molecule is CCCCCCCCc1cnc(-c2ccc(OC(=O)c3ccc(-c4ncc(CCCCC)cn4)cc3)cc2)nc1. The van der Waals surface area contributed by atoms with Crippen molar-refractivity contribution in [3.63, 3.8) is 0 Å². The van der Waals surface area contributed by atoms with Crippen molar-refractivity contribution in [3.05, 3.63) is 90.0 Å². The average Bonchev–Trinajstić information content (AvgIpc) is 3.00. The predicted molar refractivity (Wildman–Crippen MR) is 160 cm³/mol. The Labute approximate surface area is 238 Å². The summed E-state index contributed by atoms with van der Waals surface area (Å²) in [5.74, 6) is 1.37. The Balaban J connectivity index is 1.27. The Morgan fingerprint density at radius 3 is 1.52 bits per heavy atom. The van der Waals surface area contributed by atoms with Crippen LogP contribution >= 0.6 is 0 Å². The highest BCUT2D eigenvalue weighted by Crippen LogP contribution is 2.22. The lowest BCUT2D eigenvalue weighted by Gasteiger charge is -2.07. The zero-order valence-electron chi connectivity index (χ0n) is 23.8. The van der Waals surface area contributed by atoms with Gasteiger partial charge in [0.05, 0.1) is 5.56 Å². The van der Waals surface area contributed by atoms with Crippen LogP contribution in [0.15, 0.2) is 73.3 Å². The van der Waals surface area contributed by atoms with Gasteiger partial charge >= 0.3 is 5.97 Å². The molecule has 0 amide bonds. The number of hydrogen-bond donors (Lipinski definition) is 0. The number of benzene rings is 2. The Morgan fingerprint density at radius 2 is 1.00 bits per heavy atom. The van der Waals surface area contributed by atoms with E-state index in [2.05, 4.69) is 33.8 Å². The first-order chi connectivity index (χ1) is 19.7. The highest BCUT2D eigenvalue weighted by molar-refractivity contribution is 5.91. The molecule has 0 saturated heterocycles. The Morgan fingerprint density at radius 1 is 0.575 bits per heavy atom. The van der Waals surface area contributed by atoms with Crippen LogP contribution in [-0.4, -0.2) is 25.9 Å². The van der Waals surface area contributed by atoms with E-state index in [4.69, 9.17) is 4.74 Å². The first-order valence-corrected chi connectivity index (χ1v) is 14.7. The Kier molecular flexibility index (Phi) is 11.3. The number of hydrogen-bond acceptors (Lipinski definition) is 6. The maximum Gasteiger partial charge on any atom is 0.343 e. The molecule has 0 aliphatic carbocycles. The summed E-state index contributed by atoms with van der Waals surface area (Å²) in [7, 11) is 0. The van der Waals surface area contributed by atoms with Gasteiger partial charge in [0.1, 0.15) is 5.75 Å². The zero-order chi connectivity index (χ0) is 28.0. The maximum absolute atomic E-state index is 12.7. The molecule has 0 bridgehead atoms. The van der Waals surface area contributed by atoms with Crippen molar-refractivity contribution in [2.24, 2.45) is 0 Å². The summed E-state index contributed by atoms with van der Waals surface area (Å²) >= 11 is 0. The fraction of sp³-hybridized carbons (Fsp3) is 0.382. The molecule has 208 valence electrons. The molecule has 0 atom stereocenters. The van der Waals surface area contributed by atoms with E-state index in [1.807, 2.05) is 49.1 Å². The van der Waals surface area contributed by atoms with Crippen LogP contribution in [0.4, 0.5) is 0 Å². The highest BCUT2D eigenvalue weighted by Gasteiger charge is 2.11. The number of carbonyl (C=O) groups is 1. The van der Waals surface area contributed by atoms with Gasteiger partial charge in [-0.05, 0) is 73.2 Å². The monoisotopic (exact) mass is 536 g/mol. The summed E-state index contributed by atoms with van der Waals surface area (Å²) in [6, 6.07) is 14.5. The van der Waals surface area contributed by atoms with Gasteiger partial charge in [-0.25, -0.2) is 24.7 Å². The third kappa shape index (κ3) is 8.80. The van der Waals surface area contributed by atoms with E-state index in [1.54, 1.807) is 24.3 Å². The summed E-state index contributed by atoms with van der Waals surface area (Å²) in [5, 5.41) is 0. The van der Waals surface area contributed by atoms with Crippen LogP contribution in [0.3, 0.4) is 0 Å². The van der Waals surface area contributed by atoms with E-state index in [0.717, 1.165) is 36.0 Å². The van der Waals surface area contributed by atoms with Gasteiger partial charge in [0, 0.05) is 35.9 Å². The topological polar surface area (TPSA) is 77.9 Å².